The van der Waals surface area contributed by atoms with E-state index in [9.17, 15) is 4.21 Å². The second kappa shape index (κ2) is 6.58. The molecule has 1 atom stereocenters. The second-order valence-electron chi connectivity index (χ2n) is 5.68. The third kappa shape index (κ3) is 4.29. The maximum Gasteiger partial charge on any atom is 0.118 e. The molecule has 4 heteroatoms. The van der Waals surface area contributed by atoms with Gasteiger partial charge in [-0.05, 0) is 43.0 Å². The molecule has 1 heterocycles. The van der Waals surface area contributed by atoms with E-state index in [1.165, 1.54) is 18.4 Å². The summed E-state index contributed by atoms with van der Waals surface area (Å²) in [5.41, 5.74) is 2.35. The van der Waals surface area contributed by atoms with Crippen molar-refractivity contribution < 1.29 is 8.63 Å². The summed E-state index contributed by atoms with van der Waals surface area (Å²) in [6, 6.07) is 12.7. The summed E-state index contributed by atoms with van der Waals surface area (Å²) < 4.78 is 18.0. The van der Waals surface area contributed by atoms with Gasteiger partial charge in [-0.3, -0.25) is 4.21 Å². The Morgan fingerprint density at radius 1 is 1.14 bits per heavy atom. The molecule has 0 spiro atoms. The van der Waals surface area contributed by atoms with E-state index in [0.29, 0.717) is 17.5 Å². The molecule has 1 aromatic heterocycles. The minimum Gasteiger partial charge on any atom is -0.464 e. The van der Waals surface area contributed by atoms with Gasteiger partial charge < -0.3 is 9.73 Å². The summed E-state index contributed by atoms with van der Waals surface area (Å²) >= 11 is 0. The lowest BCUT2D eigenvalue weighted by molar-refractivity contribution is 0.457. The number of hydrogen-bond acceptors (Lipinski definition) is 3. The molecule has 0 radical (unpaired) electrons. The Bertz CT molecular complexity index is 631. The number of rotatable bonds is 7. The summed E-state index contributed by atoms with van der Waals surface area (Å²) in [5, 5.41) is 3.42. The minimum absolute atomic E-state index is 0.484. The second-order valence-corrected chi connectivity index (χ2v) is 7.14. The van der Waals surface area contributed by atoms with Gasteiger partial charge in [0.25, 0.3) is 0 Å². The largest absolute Gasteiger partial charge is 0.464 e. The van der Waals surface area contributed by atoms with Crippen LogP contribution in [0.5, 0.6) is 0 Å². The fraction of sp³-hybridized carbons (Fsp3) is 0.412. The molecule has 1 aliphatic rings. The Balaban J connectivity index is 1.53. The van der Waals surface area contributed by atoms with Crippen LogP contribution in [0.1, 0.15) is 35.5 Å². The molecule has 21 heavy (non-hydrogen) atoms. The summed E-state index contributed by atoms with van der Waals surface area (Å²) in [6.45, 7) is 2.83. The van der Waals surface area contributed by atoms with Crippen molar-refractivity contribution in [1.29, 1.82) is 0 Å². The van der Waals surface area contributed by atoms with Crippen molar-refractivity contribution in [3.8, 4) is 0 Å². The fourth-order valence-corrected chi connectivity index (χ4v) is 3.53. The quantitative estimate of drug-likeness (QED) is 0.853. The topological polar surface area (TPSA) is 42.2 Å². The van der Waals surface area contributed by atoms with Gasteiger partial charge >= 0.3 is 0 Å². The normalized spacial score (nSPS) is 16.0. The van der Waals surface area contributed by atoms with Crippen LogP contribution in [0.15, 0.2) is 40.8 Å². The van der Waals surface area contributed by atoms with E-state index in [2.05, 4.69) is 18.3 Å². The molecule has 3 rings (SSSR count). The maximum absolute atomic E-state index is 12.3. The van der Waals surface area contributed by atoms with Crippen molar-refractivity contribution in [3.63, 3.8) is 0 Å². The number of furan rings is 1. The number of aryl methyl sites for hydroxylation is 1. The Kier molecular flexibility index (Phi) is 4.56. The number of benzene rings is 1. The summed E-state index contributed by atoms with van der Waals surface area (Å²) in [5.74, 6) is 2.82. The zero-order chi connectivity index (χ0) is 14.7. The molecule has 1 unspecified atom stereocenters. The van der Waals surface area contributed by atoms with Crippen LogP contribution in [0.25, 0.3) is 0 Å². The smallest absolute Gasteiger partial charge is 0.118 e. The van der Waals surface area contributed by atoms with Crippen molar-refractivity contribution in [3.05, 3.63) is 59.0 Å². The molecule has 0 aliphatic heterocycles. The molecular weight excluding hydrogens is 282 g/mol. The summed E-state index contributed by atoms with van der Waals surface area (Å²) in [6.07, 6.45) is 2.54. The molecule has 2 aromatic rings. The molecule has 1 fully saturated rings. The standard InChI is InChI=1S/C17H21NO2S/c1-13-4-2-3-5-14(13)11-21(19)12-17-9-8-16(20-17)10-18-15-6-7-15/h2-5,8-9,15,18H,6-7,10-12H2,1H3. The van der Waals surface area contributed by atoms with Crippen molar-refractivity contribution >= 4 is 10.8 Å². The van der Waals surface area contributed by atoms with E-state index >= 15 is 0 Å². The monoisotopic (exact) mass is 303 g/mol. The van der Waals surface area contributed by atoms with Crippen LogP contribution in [0.2, 0.25) is 0 Å². The predicted molar refractivity (Wildman–Crippen MR) is 85.3 cm³/mol. The number of nitrogens with one attached hydrogen (secondary N) is 1. The van der Waals surface area contributed by atoms with E-state index in [4.69, 9.17) is 4.42 Å². The molecule has 112 valence electrons. The first-order valence-corrected chi connectivity index (χ1v) is 8.90. The van der Waals surface area contributed by atoms with E-state index in [-0.39, 0.29) is 0 Å². The molecule has 1 aliphatic carbocycles. The lowest BCUT2D eigenvalue weighted by atomic mass is 10.1. The zero-order valence-corrected chi connectivity index (χ0v) is 13.1. The van der Waals surface area contributed by atoms with Gasteiger partial charge in [-0.25, -0.2) is 0 Å². The third-order valence-corrected chi connectivity index (χ3v) is 4.98. The van der Waals surface area contributed by atoms with E-state index in [0.717, 1.165) is 23.6 Å². The first-order valence-electron chi connectivity index (χ1n) is 7.41. The van der Waals surface area contributed by atoms with Crippen molar-refractivity contribution in [2.45, 2.75) is 43.9 Å². The molecule has 1 N–H and O–H groups in total. The summed E-state index contributed by atoms with van der Waals surface area (Å²) in [4.78, 5) is 0. The van der Waals surface area contributed by atoms with Crippen molar-refractivity contribution in [1.82, 2.24) is 5.32 Å². The van der Waals surface area contributed by atoms with E-state index in [1.54, 1.807) is 0 Å². The Hall–Kier alpha value is -1.39. The van der Waals surface area contributed by atoms with Gasteiger partial charge in [0.2, 0.25) is 0 Å². The first-order chi connectivity index (χ1) is 10.2. The molecular formula is C17H21NO2S. The van der Waals surface area contributed by atoms with Crippen LogP contribution in [0, 0.1) is 6.92 Å². The lowest BCUT2D eigenvalue weighted by Gasteiger charge is -2.04. The highest BCUT2D eigenvalue weighted by atomic mass is 32.2. The van der Waals surface area contributed by atoms with Gasteiger partial charge in [-0.15, -0.1) is 0 Å². The Morgan fingerprint density at radius 3 is 2.67 bits per heavy atom. The highest BCUT2D eigenvalue weighted by Gasteiger charge is 2.20. The maximum atomic E-state index is 12.3. The Morgan fingerprint density at radius 2 is 1.90 bits per heavy atom. The average Bonchev–Trinajstić information content (AvgIpc) is 3.19. The summed E-state index contributed by atoms with van der Waals surface area (Å²) in [7, 11) is -0.933. The molecule has 0 saturated heterocycles. The van der Waals surface area contributed by atoms with Crippen LogP contribution in [-0.4, -0.2) is 10.3 Å². The first kappa shape index (κ1) is 14.5. The molecule has 3 nitrogen and oxygen atoms in total. The highest BCUT2D eigenvalue weighted by molar-refractivity contribution is 7.83. The van der Waals surface area contributed by atoms with E-state index < -0.39 is 10.8 Å². The molecule has 1 aromatic carbocycles. The number of hydrogen-bond donors (Lipinski definition) is 1. The van der Waals surface area contributed by atoms with Crippen LogP contribution < -0.4 is 5.32 Å². The average molecular weight is 303 g/mol. The van der Waals surface area contributed by atoms with Gasteiger partial charge in [-0.2, -0.15) is 0 Å². The third-order valence-electron chi connectivity index (χ3n) is 3.74. The lowest BCUT2D eigenvalue weighted by Crippen LogP contribution is -2.14. The SMILES string of the molecule is Cc1ccccc1CS(=O)Cc1ccc(CNC2CC2)o1. The van der Waals surface area contributed by atoms with Gasteiger partial charge in [0, 0.05) is 22.6 Å². The fourth-order valence-electron chi connectivity index (χ4n) is 2.28. The van der Waals surface area contributed by atoms with Crippen LogP contribution >= 0.6 is 0 Å². The van der Waals surface area contributed by atoms with Gasteiger partial charge in [0.15, 0.2) is 0 Å². The van der Waals surface area contributed by atoms with Gasteiger partial charge in [0.1, 0.15) is 11.5 Å². The van der Waals surface area contributed by atoms with Crippen molar-refractivity contribution in [2.75, 3.05) is 0 Å². The van der Waals surface area contributed by atoms with Crippen LogP contribution in [-0.2, 0) is 28.9 Å². The molecule has 0 amide bonds. The van der Waals surface area contributed by atoms with E-state index in [1.807, 2.05) is 30.3 Å². The van der Waals surface area contributed by atoms with Gasteiger partial charge in [-0.1, -0.05) is 24.3 Å². The molecule has 1 saturated carbocycles. The zero-order valence-electron chi connectivity index (χ0n) is 12.3. The predicted octanol–water partition coefficient (Wildman–Crippen LogP) is 3.29. The molecule has 0 bridgehead atoms. The van der Waals surface area contributed by atoms with Gasteiger partial charge in [0.05, 0.1) is 12.3 Å². The van der Waals surface area contributed by atoms with Crippen molar-refractivity contribution in [2.24, 2.45) is 0 Å². The highest BCUT2D eigenvalue weighted by Crippen LogP contribution is 2.20. The van der Waals surface area contributed by atoms with Crippen LogP contribution in [0.3, 0.4) is 0 Å². The Labute approximate surface area is 128 Å². The minimum atomic E-state index is -0.933. The van der Waals surface area contributed by atoms with Crippen LogP contribution in [0.4, 0.5) is 0 Å².